The lowest BCUT2D eigenvalue weighted by Crippen LogP contribution is -2.11. The van der Waals surface area contributed by atoms with E-state index < -0.39 is 0 Å². The van der Waals surface area contributed by atoms with Gasteiger partial charge in [0, 0.05) is 7.05 Å². The number of rotatable bonds is 5. The average molecular weight is 228 g/mol. The van der Waals surface area contributed by atoms with Gasteiger partial charge in [0.1, 0.15) is 0 Å². The number of hydrogen-bond donors (Lipinski definition) is 1. The molecule has 0 saturated carbocycles. The molecule has 15 heavy (non-hydrogen) atoms. The summed E-state index contributed by atoms with van der Waals surface area (Å²) in [6, 6.07) is 0.375. The summed E-state index contributed by atoms with van der Waals surface area (Å²) in [5, 5.41) is 3.57. The highest BCUT2D eigenvalue weighted by Gasteiger charge is 2.07. The Kier molecular flexibility index (Phi) is 4.61. The van der Waals surface area contributed by atoms with Crippen LogP contribution in [0.5, 0.6) is 6.01 Å². The maximum Gasteiger partial charge on any atom is 0.322 e. The molecule has 0 aromatic carbocycles. The summed E-state index contributed by atoms with van der Waals surface area (Å²) in [7, 11) is 1.77. The van der Waals surface area contributed by atoms with Crippen molar-refractivity contribution in [1.82, 2.24) is 15.0 Å². The van der Waals surface area contributed by atoms with Gasteiger partial charge in [-0.25, -0.2) is 0 Å². The Morgan fingerprint density at radius 1 is 1.33 bits per heavy atom. The molecule has 0 amide bonds. The maximum absolute atomic E-state index is 5.43. The summed E-state index contributed by atoms with van der Waals surface area (Å²) in [6.07, 6.45) is 0.0663. The van der Waals surface area contributed by atoms with E-state index >= 15 is 0 Å². The van der Waals surface area contributed by atoms with Gasteiger partial charge in [-0.05, 0) is 19.6 Å². The molecule has 6 heteroatoms. The fraction of sp³-hybridized carbons (Fsp3) is 0.667. The lowest BCUT2D eigenvalue weighted by Gasteiger charge is -2.09. The lowest BCUT2D eigenvalue weighted by molar-refractivity contribution is 0.219. The van der Waals surface area contributed by atoms with E-state index in [0.717, 1.165) is 5.75 Å². The second-order valence-corrected chi connectivity index (χ2v) is 4.30. The minimum absolute atomic E-state index is 0.0663. The zero-order valence-corrected chi connectivity index (χ0v) is 10.3. The normalized spacial score (nSPS) is 10.5. The summed E-state index contributed by atoms with van der Waals surface area (Å²) in [6.45, 7) is 5.93. The molecule has 0 aliphatic heterocycles. The van der Waals surface area contributed by atoms with Gasteiger partial charge in [-0.1, -0.05) is 18.7 Å². The predicted molar refractivity (Wildman–Crippen MR) is 61.5 cm³/mol. The number of nitrogens with one attached hydrogen (secondary N) is 1. The van der Waals surface area contributed by atoms with Crippen LogP contribution in [0, 0.1) is 0 Å². The molecule has 0 saturated heterocycles. The number of anilines is 1. The maximum atomic E-state index is 5.43. The van der Waals surface area contributed by atoms with Crippen molar-refractivity contribution in [1.29, 1.82) is 0 Å². The summed E-state index contributed by atoms with van der Waals surface area (Å²) >= 11 is 1.56. The van der Waals surface area contributed by atoms with Crippen molar-refractivity contribution in [2.45, 2.75) is 32.0 Å². The zero-order valence-electron chi connectivity index (χ0n) is 9.44. The number of hydrogen-bond acceptors (Lipinski definition) is 6. The molecule has 5 nitrogen and oxygen atoms in total. The van der Waals surface area contributed by atoms with Crippen LogP contribution in [-0.2, 0) is 0 Å². The Hall–Kier alpha value is -1.04. The van der Waals surface area contributed by atoms with Gasteiger partial charge in [0.15, 0.2) is 5.16 Å². The lowest BCUT2D eigenvalue weighted by atomic mass is 10.5. The predicted octanol–water partition coefficient (Wildman–Crippen LogP) is 1.81. The van der Waals surface area contributed by atoms with E-state index in [-0.39, 0.29) is 6.10 Å². The first-order valence-corrected chi connectivity index (χ1v) is 5.87. The van der Waals surface area contributed by atoms with E-state index in [4.69, 9.17) is 4.74 Å². The molecular formula is C9H16N4OS. The second kappa shape index (κ2) is 5.75. The molecule has 0 fully saturated rings. The van der Waals surface area contributed by atoms with Gasteiger partial charge in [-0.15, -0.1) is 0 Å². The molecule has 0 atom stereocenters. The Bertz CT molecular complexity index is 319. The third kappa shape index (κ3) is 3.91. The van der Waals surface area contributed by atoms with Crippen molar-refractivity contribution in [3.63, 3.8) is 0 Å². The number of thioether (sulfide) groups is 1. The summed E-state index contributed by atoms with van der Waals surface area (Å²) < 4.78 is 5.43. The Balaban J connectivity index is 2.89. The largest absolute Gasteiger partial charge is 0.461 e. The van der Waals surface area contributed by atoms with E-state index in [1.807, 2.05) is 13.8 Å². The molecule has 1 aromatic heterocycles. The van der Waals surface area contributed by atoms with Gasteiger partial charge in [0.25, 0.3) is 0 Å². The fourth-order valence-electron chi connectivity index (χ4n) is 0.907. The topological polar surface area (TPSA) is 59.9 Å². The quantitative estimate of drug-likeness (QED) is 0.776. The van der Waals surface area contributed by atoms with Gasteiger partial charge in [0.05, 0.1) is 6.10 Å². The highest BCUT2D eigenvalue weighted by molar-refractivity contribution is 7.99. The van der Waals surface area contributed by atoms with Crippen molar-refractivity contribution in [2.24, 2.45) is 0 Å². The zero-order chi connectivity index (χ0) is 11.3. The van der Waals surface area contributed by atoms with Crippen molar-refractivity contribution in [2.75, 3.05) is 18.1 Å². The van der Waals surface area contributed by atoms with Crippen LogP contribution >= 0.6 is 11.8 Å². The molecule has 1 rings (SSSR count). The fourth-order valence-corrected chi connectivity index (χ4v) is 1.46. The van der Waals surface area contributed by atoms with Crippen molar-refractivity contribution < 1.29 is 4.74 Å². The molecule has 1 aromatic rings. The van der Waals surface area contributed by atoms with Crippen LogP contribution in [-0.4, -0.2) is 33.9 Å². The smallest absolute Gasteiger partial charge is 0.322 e. The summed E-state index contributed by atoms with van der Waals surface area (Å²) in [4.78, 5) is 12.5. The van der Waals surface area contributed by atoms with Crippen LogP contribution in [0.1, 0.15) is 20.8 Å². The summed E-state index contributed by atoms with van der Waals surface area (Å²) in [5.74, 6) is 1.46. The minimum atomic E-state index is 0.0663. The van der Waals surface area contributed by atoms with Crippen LogP contribution in [0.3, 0.4) is 0 Å². The van der Waals surface area contributed by atoms with Crippen LogP contribution in [0.4, 0.5) is 5.95 Å². The van der Waals surface area contributed by atoms with Crippen LogP contribution < -0.4 is 10.1 Å². The van der Waals surface area contributed by atoms with Crippen molar-refractivity contribution in [3.05, 3.63) is 0 Å². The summed E-state index contributed by atoms with van der Waals surface area (Å²) in [5.41, 5.74) is 0. The van der Waals surface area contributed by atoms with E-state index in [2.05, 4.69) is 27.2 Å². The van der Waals surface area contributed by atoms with Crippen LogP contribution in [0.15, 0.2) is 5.16 Å². The first kappa shape index (κ1) is 12.0. The Morgan fingerprint density at radius 2 is 2.07 bits per heavy atom. The van der Waals surface area contributed by atoms with Gasteiger partial charge in [-0.3, -0.25) is 0 Å². The number of aromatic nitrogens is 3. The number of ether oxygens (including phenoxy) is 1. The van der Waals surface area contributed by atoms with Crippen molar-refractivity contribution >= 4 is 17.7 Å². The third-order valence-electron chi connectivity index (χ3n) is 1.43. The molecule has 0 spiro atoms. The minimum Gasteiger partial charge on any atom is -0.461 e. The van der Waals surface area contributed by atoms with Crippen molar-refractivity contribution in [3.8, 4) is 6.01 Å². The molecule has 0 bridgehead atoms. The van der Waals surface area contributed by atoms with Gasteiger partial charge >= 0.3 is 6.01 Å². The highest BCUT2D eigenvalue weighted by Crippen LogP contribution is 2.17. The first-order chi connectivity index (χ1) is 7.15. The Morgan fingerprint density at radius 3 is 2.60 bits per heavy atom. The van der Waals surface area contributed by atoms with Gasteiger partial charge in [-0.2, -0.15) is 15.0 Å². The SMILES string of the molecule is CCSc1nc(NC)nc(OC(C)C)n1. The van der Waals surface area contributed by atoms with Crippen LogP contribution in [0.2, 0.25) is 0 Å². The van der Waals surface area contributed by atoms with E-state index in [1.54, 1.807) is 18.8 Å². The van der Waals surface area contributed by atoms with Gasteiger partial charge < -0.3 is 10.1 Å². The third-order valence-corrected chi connectivity index (χ3v) is 2.16. The Labute approximate surface area is 94.1 Å². The van der Waals surface area contributed by atoms with Crippen LogP contribution in [0.25, 0.3) is 0 Å². The van der Waals surface area contributed by atoms with E-state index in [9.17, 15) is 0 Å². The molecule has 0 aliphatic carbocycles. The average Bonchev–Trinajstić information content (AvgIpc) is 2.16. The molecule has 1 heterocycles. The van der Waals surface area contributed by atoms with E-state index in [0.29, 0.717) is 17.1 Å². The second-order valence-electron chi connectivity index (χ2n) is 3.07. The highest BCUT2D eigenvalue weighted by atomic mass is 32.2. The first-order valence-electron chi connectivity index (χ1n) is 4.89. The molecule has 0 radical (unpaired) electrons. The molecular weight excluding hydrogens is 212 g/mol. The van der Waals surface area contributed by atoms with E-state index in [1.165, 1.54) is 0 Å². The van der Waals surface area contributed by atoms with Gasteiger partial charge in [0.2, 0.25) is 5.95 Å². The molecule has 84 valence electrons. The molecule has 1 N–H and O–H groups in total. The molecule has 0 unspecified atom stereocenters. The molecule has 0 aliphatic rings. The number of nitrogens with zero attached hydrogens (tertiary/aromatic N) is 3. The monoisotopic (exact) mass is 228 g/mol. The standard InChI is InChI=1S/C9H16N4OS/c1-5-15-9-12-7(10-4)11-8(13-9)14-6(2)3/h6H,5H2,1-4H3,(H,10,11,12,13).